The molecule has 0 spiro atoms. The normalized spacial score (nSPS) is 37.5. The van der Waals surface area contributed by atoms with Gasteiger partial charge in [0.25, 0.3) is 0 Å². The Hall–Kier alpha value is -0.660. The monoisotopic (exact) mass is 316 g/mol. The largest absolute Gasteiger partial charge is 0.377 e. The molecule has 7 heteroatoms. The first-order valence-electron chi connectivity index (χ1n) is 7.83. The minimum Gasteiger partial charge on any atom is -0.377 e. The number of nitrogens with two attached hydrogens (primary N) is 1. The van der Waals surface area contributed by atoms with Gasteiger partial charge in [0.15, 0.2) is 0 Å². The van der Waals surface area contributed by atoms with Crippen molar-refractivity contribution in [2.75, 3.05) is 25.4 Å². The number of carbonyl (C=O) groups is 1. The van der Waals surface area contributed by atoms with E-state index in [1.807, 2.05) is 0 Å². The summed E-state index contributed by atoms with van der Waals surface area (Å²) in [5.74, 6) is -0.206. The SMILES string of the molecule is NC(=O)[C@]12CCC[C@H]1CN(S(=O)(=O)CC1CCCCO1)C2. The molecule has 3 aliphatic rings. The van der Waals surface area contributed by atoms with E-state index in [-0.39, 0.29) is 30.2 Å². The average Bonchev–Trinajstić information content (AvgIpc) is 2.97. The Balaban J connectivity index is 1.71. The topological polar surface area (TPSA) is 89.7 Å². The van der Waals surface area contributed by atoms with Crippen molar-refractivity contribution in [1.29, 1.82) is 0 Å². The number of hydrogen-bond donors (Lipinski definition) is 1. The predicted octanol–water partition coefficient (Wildman–Crippen LogP) is 0.473. The minimum absolute atomic E-state index is 0.0363. The van der Waals surface area contributed by atoms with Crippen LogP contribution < -0.4 is 5.73 Å². The van der Waals surface area contributed by atoms with Crippen LogP contribution in [-0.2, 0) is 19.6 Å². The molecule has 3 rings (SSSR count). The molecule has 1 saturated carbocycles. The number of ether oxygens (including phenoxy) is 1. The molecule has 21 heavy (non-hydrogen) atoms. The van der Waals surface area contributed by atoms with Crippen molar-refractivity contribution in [3.8, 4) is 0 Å². The fourth-order valence-electron chi connectivity index (χ4n) is 4.14. The van der Waals surface area contributed by atoms with E-state index >= 15 is 0 Å². The number of fused-ring (bicyclic) bond motifs is 1. The maximum absolute atomic E-state index is 12.6. The summed E-state index contributed by atoms with van der Waals surface area (Å²) in [5.41, 5.74) is 4.95. The summed E-state index contributed by atoms with van der Waals surface area (Å²) in [6.45, 7) is 1.36. The van der Waals surface area contributed by atoms with E-state index in [0.717, 1.165) is 38.5 Å². The maximum atomic E-state index is 12.6. The van der Waals surface area contributed by atoms with E-state index in [0.29, 0.717) is 13.2 Å². The molecule has 2 heterocycles. The highest BCUT2D eigenvalue weighted by Crippen LogP contribution is 2.49. The van der Waals surface area contributed by atoms with Crippen LogP contribution in [0.3, 0.4) is 0 Å². The molecule has 1 aliphatic carbocycles. The van der Waals surface area contributed by atoms with Crippen LogP contribution in [0, 0.1) is 11.3 Å². The van der Waals surface area contributed by atoms with Gasteiger partial charge < -0.3 is 10.5 Å². The second kappa shape index (κ2) is 5.52. The predicted molar refractivity (Wildman–Crippen MR) is 77.9 cm³/mol. The molecular formula is C14H24N2O4S. The van der Waals surface area contributed by atoms with Gasteiger partial charge in [-0.3, -0.25) is 4.79 Å². The van der Waals surface area contributed by atoms with Crippen molar-refractivity contribution < 1.29 is 17.9 Å². The second-order valence-corrected chi connectivity index (χ2v) is 8.68. The number of primary amides is 1. The number of hydrogen-bond acceptors (Lipinski definition) is 4. The van der Waals surface area contributed by atoms with Crippen LogP contribution in [0.25, 0.3) is 0 Å². The molecule has 0 aromatic rings. The third-order valence-corrected chi connectivity index (χ3v) is 7.25. The van der Waals surface area contributed by atoms with E-state index in [9.17, 15) is 13.2 Å². The zero-order valence-electron chi connectivity index (χ0n) is 12.3. The van der Waals surface area contributed by atoms with Crippen molar-refractivity contribution in [2.24, 2.45) is 17.1 Å². The lowest BCUT2D eigenvalue weighted by molar-refractivity contribution is -0.128. The number of nitrogens with zero attached hydrogens (tertiary/aromatic N) is 1. The first-order valence-corrected chi connectivity index (χ1v) is 9.44. The molecule has 0 aromatic heterocycles. The van der Waals surface area contributed by atoms with Gasteiger partial charge in [0, 0.05) is 19.7 Å². The van der Waals surface area contributed by atoms with Crippen molar-refractivity contribution >= 4 is 15.9 Å². The van der Waals surface area contributed by atoms with Crippen molar-refractivity contribution in [1.82, 2.24) is 4.31 Å². The molecule has 2 saturated heterocycles. The van der Waals surface area contributed by atoms with Crippen molar-refractivity contribution in [2.45, 2.75) is 44.6 Å². The number of amides is 1. The van der Waals surface area contributed by atoms with Gasteiger partial charge in [-0.15, -0.1) is 0 Å². The Bertz CT molecular complexity index is 515. The van der Waals surface area contributed by atoms with E-state index < -0.39 is 15.4 Å². The molecule has 2 N–H and O–H groups in total. The van der Waals surface area contributed by atoms with Crippen LogP contribution in [0.2, 0.25) is 0 Å². The van der Waals surface area contributed by atoms with Crippen LogP contribution in [0.15, 0.2) is 0 Å². The van der Waals surface area contributed by atoms with Gasteiger partial charge in [-0.1, -0.05) is 6.42 Å². The standard InChI is InChI=1S/C14H24N2O4S/c15-13(17)14-6-3-4-11(14)8-16(10-14)21(18,19)9-12-5-1-2-7-20-12/h11-12H,1-10H2,(H2,15,17)/t11-,12?,14-/m0/s1. The summed E-state index contributed by atoms with van der Waals surface area (Å²) in [6.07, 6.45) is 5.22. The lowest BCUT2D eigenvalue weighted by Gasteiger charge is -2.26. The minimum atomic E-state index is -3.37. The molecular weight excluding hydrogens is 292 g/mol. The third kappa shape index (κ3) is 2.71. The van der Waals surface area contributed by atoms with Crippen LogP contribution in [0.4, 0.5) is 0 Å². The summed E-state index contributed by atoms with van der Waals surface area (Å²) in [5, 5.41) is 0. The van der Waals surface area contributed by atoms with E-state index in [1.54, 1.807) is 0 Å². The summed E-state index contributed by atoms with van der Waals surface area (Å²) >= 11 is 0. The van der Waals surface area contributed by atoms with Gasteiger partial charge in [0.2, 0.25) is 15.9 Å². The molecule has 2 aliphatic heterocycles. The van der Waals surface area contributed by atoms with Crippen molar-refractivity contribution in [3.63, 3.8) is 0 Å². The highest BCUT2D eigenvalue weighted by Gasteiger charge is 2.55. The van der Waals surface area contributed by atoms with Crippen LogP contribution in [0.5, 0.6) is 0 Å². The van der Waals surface area contributed by atoms with Crippen LogP contribution in [-0.4, -0.2) is 50.2 Å². The fourth-order valence-corrected chi connectivity index (χ4v) is 5.91. The zero-order chi connectivity index (χ0) is 15.1. The Morgan fingerprint density at radius 3 is 2.71 bits per heavy atom. The van der Waals surface area contributed by atoms with Gasteiger partial charge in [-0.05, 0) is 38.0 Å². The first-order chi connectivity index (χ1) is 9.94. The highest BCUT2D eigenvalue weighted by atomic mass is 32.2. The van der Waals surface area contributed by atoms with Gasteiger partial charge in [0.1, 0.15) is 0 Å². The van der Waals surface area contributed by atoms with E-state index in [2.05, 4.69) is 0 Å². The van der Waals surface area contributed by atoms with Gasteiger partial charge in [-0.2, -0.15) is 0 Å². The smallest absolute Gasteiger partial charge is 0.225 e. The Labute approximate surface area is 126 Å². The maximum Gasteiger partial charge on any atom is 0.225 e. The highest BCUT2D eigenvalue weighted by molar-refractivity contribution is 7.89. The molecule has 1 amide bonds. The molecule has 0 aromatic carbocycles. The molecule has 0 radical (unpaired) electrons. The molecule has 120 valence electrons. The fraction of sp³-hybridized carbons (Fsp3) is 0.929. The molecule has 0 bridgehead atoms. The summed E-state index contributed by atoms with van der Waals surface area (Å²) in [7, 11) is -3.37. The number of carbonyl (C=O) groups excluding carboxylic acids is 1. The van der Waals surface area contributed by atoms with E-state index in [4.69, 9.17) is 10.5 Å². The summed E-state index contributed by atoms with van der Waals surface area (Å²) < 4.78 is 32.2. The Morgan fingerprint density at radius 1 is 1.29 bits per heavy atom. The number of sulfonamides is 1. The Morgan fingerprint density at radius 2 is 2.10 bits per heavy atom. The van der Waals surface area contributed by atoms with E-state index in [1.165, 1.54) is 4.31 Å². The lowest BCUT2D eigenvalue weighted by Crippen LogP contribution is -2.43. The van der Waals surface area contributed by atoms with Crippen LogP contribution in [0.1, 0.15) is 38.5 Å². The molecule has 1 unspecified atom stereocenters. The second-order valence-electron chi connectivity index (χ2n) is 6.67. The van der Waals surface area contributed by atoms with Gasteiger partial charge in [0.05, 0.1) is 17.3 Å². The van der Waals surface area contributed by atoms with Gasteiger partial charge >= 0.3 is 0 Å². The third-order valence-electron chi connectivity index (χ3n) is 5.39. The van der Waals surface area contributed by atoms with Gasteiger partial charge in [-0.25, -0.2) is 12.7 Å². The quantitative estimate of drug-likeness (QED) is 0.816. The molecule has 3 atom stereocenters. The average molecular weight is 316 g/mol. The zero-order valence-corrected chi connectivity index (χ0v) is 13.1. The molecule has 3 fully saturated rings. The summed E-state index contributed by atoms with van der Waals surface area (Å²) in [4.78, 5) is 11.8. The Kier molecular flexibility index (Phi) is 4.00. The first kappa shape index (κ1) is 15.2. The number of rotatable bonds is 4. The van der Waals surface area contributed by atoms with Crippen molar-refractivity contribution in [3.05, 3.63) is 0 Å². The molecule has 6 nitrogen and oxygen atoms in total. The van der Waals surface area contributed by atoms with Crippen LogP contribution >= 0.6 is 0 Å². The summed E-state index contributed by atoms with van der Waals surface area (Å²) in [6, 6.07) is 0. The lowest BCUT2D eigenvalue weighted by atomic mass is 9.80.